The van der Waals surface area contributed by atoms with Crippen LogP contribution in [0.15, 0.2) is 33.3 Å². The summed E-state index contributed by atoms with van der Waals surface area (Å²) < 4.78 is 11.6. The molecule has 9 heteroatoms. The molecule has 0 aliphatic carbocycles. The monoisotopic (exact) mass is 455 g/mol. The van der Waals surface area contributed by atoms with Crippen molar-refractivity contribution in [2.45, 2.75) is 39.3 Å². The highest BCUT2D eigenvalue weighted by atomic mass is 16.5. The van der Waals surface area contributed by atoms with Crippen LogP contribution in [0.3, 0.4) is 0 Å². The molecular formula is C24H37N7O2. The fourth-order valence-electron chi connectivity index (χ4n) is 4.46. The number of hydrogen-bond donors (Lipinski definition) is 2. The minimum absolute atomic E-state index is 0.0399. The lowest BCUT2D eigenvalue weighted by Gasteiger charge is -2.36. The molecule has 0 saturated carbocycles. The van der Waals surface area contributed by atoms with E-state index in [-0.39, 0.29) is 12.1 Å². The van der Waals surface area contributed by atoms with E-state index < -0.39 is 0 Å². The van der Waals surface area contributed by atoms with Crippen molar-refractivity contribution in [2.75, 3.05) is 63.7 Å². The maximum atomic E-state index is 6.07. The zero-order chi connectivity index (χ0) is 23.0. The SMILES string of the molecule is Cc1ccc(N)c(N/N=C/C2=NC(OCCN3CCCCC3)=NC(N3CCOCC3)C2C)c1. The first-order chi connectivity index (χ1) is 16.1. The highest BCUT2D eigenvalue weighted by Gasteiger charge is 2.32. The lowest BCUT2D eigenvalue weighted by atomic mass is 10.0. The van der Waals surface area contributed by atoms with Crippen LogP contribution in [0.5, 0.6) is 0 Å². The molecule has 3 heterocycles. The van der Waals surface area contributed by atoms with Gasteiger partial charge in [0.1, 0.15) is 12.8 Å². The van der Waals surface area contributed by atoms with Crippen LogP contribution in [0, 0.1) is 12.8 Å². The number of nitrogens with one attached hydrogen (secondary N) is 1. The Morgan fingerprint density at radius 1 is 1.21 bits per heavy atom. The van der Waals surface area contributed by atoms with E-state index in [0.717, 1.165) is 62.9 Å². The number of nitrogens with zero attached hydrogens (tertiary/aromatic N) is 5. The van der Waals surface area contributed by atoms with Crippen LogP contribution in [-0.2, 0) is 9.47 Å². The van der Waals surface area contributed by atoms with Crippen LogP contribution in [0.25, 0.3) is 0 Å². The van der Waals surface area contributed by atoms with Gasteiger partial charge in [0.25, 0.3) is 0 Å². The lowest BCUT2D eigenvalue weighted by molar-refractivity contribution is 0.0116. The Hall–Kier alpha value is -2.49. The zero-order valence-electron chi connectivity index (χ0n) is 19.9. The number of aryl methyl sites for hydroxylation is 1. The van der Waals surface area contributed by atoms with E-state index in [4.69, 9.17) is 25.2 Å². The number of nitrogens with two attached hydrogens (primary N) is 1. The first-order valence-corrected chi connectivity index (χ1v) is 12.1. The Morgan fingerprint density at radius 3 is 2.79 bits per heavy atom. The first-order valence-electron chi connectivity index (χ1n) is 12.1. The van der Waals surface area contributed by atoms with Gasteiger partial charge >= 0.3 is 6.02 Å². The van der Waals surface area contributed by atoms with Gasteiger partial charge in [0.2, 0.25) is 0 Å². The van der Waals surface area contributed by atoms with E-state index >= 15 is 0 Å². The van der Waals surface area contributed by atoms with E-state index in [1.807, 2.05) is 25.1 Å². The van der Waals surface area contributed by atoms with Crippen molar-refractivity contribution < 1.29 is 9.47 Å². The average Bonchev–Trinajstić information content (AvgIpc) is 2.84. The maximum Gasteiger partial charge on any atom is 0.313 e. The molecule has 33 heavy (non-hydrogen) atoms. The summed E-state index contributed by atoms with van der Waals surface area (Å²) in [6.45, 7) is 11.1. The third-order valence-corrected chi connectivity index (χ3v) is 6.48. The smallest absolute Gasteiger partial charge is 0.313 e. The van der Waals surface area contributed by atoms with Crippen molar-refractivity contribution in [3.8, 4) is 0 Å². The number of hydrogen-bond acceptors (Lipinski definition) is 9. The standard InChI is InChI=1S/C24H37N7O2/c1-18-6-7-20(25)21(16-18)29-26-17-22-19(2)23(31-11-13-32-14-12-31)28-24(27-22)33-15-10-30-8-4-3-5-9-30/h6-7,16-17,19,23,29H,3-5,8-15,25H2,1-2H3/b26-17+. The van der Waals surface area contributed by atoms with Gasteiger partial charge in [-0.25, -0.2) is 4.99 Å². The van der Waals surface area contributed by atoms with Gasteiger partial charge in [-0.05, 0) is 50.6 Å². The molecule has 0 radical (unpaired) electrons. The molecule has 0 aromatic heterocycles. The molecule has 1 aromatic carbocycles. The molecule has 3 aliphatic rings. The maximum absolute atomic E-state index is 6.07. The second kappa shape index (κ2) is 11.6. The topological polar surface area (TPSA) is 100 Å². The Kier molecular flexibility index (Phi) is 8.30. The number of likely N-dealkylation sites (tertiary alicyclic amines) is 1. The molecule has 0 spiro atoms. The molecule has 0 amide bonds. The number of morpholine rings is 1. The molecule has 9 nitrogen and oxygen atoms in total. The normalized spacial score (nSPS) is 25.0. The molecule has 2 atom stereocenters. The van der Waals surface area contributed by atoms with Gasteiger partial charge in [0.05, 0.1) is 36.5 Å². The van der Waals surface area contributed by atoms with Gasteiger partial charge in [-0.1, -0.05) is 19.4 Å². The molecule has 1 aromatic rings. The predicted molar refractivity (Wildman–Crippen MR) is 134 cm³/mol. The van der Waals surface area contributed by atoms with Gasteiger partial charge in [-0.3, -0.25) is 15.2 Å². The van der Waals surface area contributed by atoms with Crippen LogP contribution in [0.1, 0.15) is 31.7 Å². The molecule has 3 N–H and O–H groups in total. The molecule has 4 rings (SSSR count). The summed E-state index contributed by atoms with van der Waals surface area (Å²) >= 11 is 0. The van der Waals surface area contributed by atoms with E-state index in [9.17, 15) is 0 Å². The molecule has 3 aliphatic heterocycles. The number of amidine groups is 1. The number of ether oxygens (including phenoxy) is 2. The third-order valence-electron chi connectivity index (χ3n) is 6.48. The second-order valence-electron chi connectivity index (χ2n) is 9.01. The fourth-order valence-corrected chi connectivity index (χ4v) is 4.46. The molecular weight excluding hydrogens is 418 g/mol. The molecule has 180 valence electrons. The minimum Gasteiger partial charge on any atom is -0.462 e. The number of rotatable bonds is 7. The summed E-state index contributed by atoms with van der Waals surface area (Å²) in [7, 11) is 0. The lowest BCUT2D eigenvalue weighted by Crippen LogP contribution is -2.49. The third kappa shape index (κ3) is 6.52. The second-order valence-corrected chi connectivity index (χ2v) is 9.01. The van der Waals surface area contributed by atoms with Crippen LogP contribution < -0.4 is 11.2 Å². The van der Waals surface area contributed by atoms with Gasteiger partial charge in [0.15, 0.2) is 0 Å². The van der Waals surface area contributed by atoms with Crippen LogP contribution in [-0.4, -0.2) is 86.5 Å². The quantitative estimate of drug-likeness (QED) is 0.372. The molecule has 2 fully saturated rings. The highest BCUT2D eigenvalue weighted by molar-refractivity contribution is 6.34. The number of hydrazone groups is 1. The van der Waals surface area contributed by atoms with Crippen molar-refractivity contribution in [2.24, 2.45) is 21.0 Å². The summed E-state index contributed by atoms with van der Waals surface area (Å²) in [5, 5.41) is 4.44. The summed E-state index contributed by atoms with van der Waals surface area (Å²) in [6, 6.07) is 6.28. The summed E-state index contributed by atoms with van der Waals surface area (Å²) in [6.07, 6.45) is 5.60. The minimum atomic E-state index is -0.0399. The van der Waals surface area contributed by atoms with E-state index in [1.54, 1.807) is 6.21 Å². The van der Waals surface area contributed by atoms with Crippen LogP contribution >= 0.6 is 0 Å². The van der Waals surface area contributed by atoms with Crippen molar-refractivity contribution >= 4 is 29.3 Å². The van der Waals surface area contributed by atoms with E-state index in [1.165, 1.54) is 19.3 Å². The van der Waals surface area contributed by atoms with Gasteiger partial charge in [0, 0.05) is 25.6 Å². The first kappa shape index (κ1) is 23.7. The predicted octanol–water partition coefficient (Wildman–Crippen LogP) is 2.58. The Morgan fingerprint density at radius 2 is 2.00 bits per heavy atom. The molecule has 0 bridgehead atoms. The molecule has 2 unspecified atom stereocenters. The Labute approximate surface area is 196 Å². The van der Waals surface area contributed by atoms with Crippen molar-refractivity contribution in [1.29, 1.82) is 0 Å². The Bertz CT molecular complexity index is 874. The van der Waals surface area contributed by atoms with Gasteiger partial charge in [-0.15, -0.1) is 0 Å². The van der Waals surface area contributed by atoms with Gasteiger partial charge in [-0.2, -0.15) is 10.1 Å². The highest BCUT2D eigenvalue weighted by Crippen LogP contribution is 2.22. The number of benzene rings is 1. The van der Waals surface area contributed by atoms with E-state index in [2.05, 4.69) is 27.3 Å². The number of anilines is 2. The fraction of sp³-hybridized carbons (Fsp3) is 0.625. The number of aliphatic imine (C=N–C) groups is 2. The number of piperidine rings is 1. The van der Waals surface area contributed by atoms with Crippen molar-refractivity contribution in [3.05, 3.63) is 23.8 Å². The van der Waals surface area contributed by atoms with Crippen LogP contribution in [0.2, 0.25) is 0 Å². The summed E-state index contributed by atoms with van der Waals surface area (Å²) in [5.74, 6) is 0.0814. The largest absolute Gasteiger partial charge is 0.462 e. The van der Waals surface area contributed by atoms with Crippen molar-refractivity contribution in [3.63, 3.8) is 0 Å². The Balaban J connectivity index is 1.44. The van der Waals surface area contributed by atoms with Crippen LogP contribution in [0.4, 0.5) is 11.4 Å². The summed E-state index contributed by atoms with van der Waals surface area (Å²) in [4.78, 5) is 14.4. The average molecular weight is 456 g/mol. The van der Waals surface area contributed by atoms with E-state index in [0.29, 0.717) is 18.3 Å². The molecule has 2 saturated heterocycles. The summed E-state index contributed by atoms with van der Waals surface area (Å²) in [5.41, 5.74) is 12.5. The number of nitrogen functional groups attached to an aromatic ring is 1. The van der Waals surface area contributed by atoms with Crippen molar-refractivity contribution in [1.82, 2.24) is 9.80 Å². The van der Waals surface area contributed by atoms with Gasteiger partial charge < -0.3 is 15.2 Å². The zero-order valence-corrected chi connectivity index (χ0v) is 19.9.